The second-order valence-corrected chi connectivity index (χ2v) is 3.83. The Labute approximate surface area is 102 Å². The molecular formula is C10H20ClNO4. The van der Waals surface area contributed by atoms with Crippen molar-refractivity contribution in [3.8, 4) is 0 Å². The molecule has 0 heterocycles. The van der Waals surface area contributed by atoms with Crippen LogP contribution in [0, 0.1) is 5.92 Å². The van der Waals surface area contributed by atoms with E-state index in [0.29, 0.717) is 26.2 Å². The van der Waals surface area contributed by atoms with Crippen molar-refractivity contribution in [1.82, 2.24) is 0 Å². The summed E-state index contributed by atoms with van der Waals surface area (Å²) in [6.07, 6.45) is 1.50. The molecule has 1 saturated carbocycles. The van der Waals surface area contributed by atoms with Crippen LogP contribution < -0.4 is 5.73 Å². The molecular weight excluding hydrogens is 234 g/mol. The van der Waals surface area contributed by atoms with Crippen LogP contribution in [0.2, 0.25) is 0 Å². The molecule has 0 aromatic rings. The number of nitrogens with two attached hydrogens (primary N) is 1. The molecule has 0 radical (unpaired) electrons. The molecule has 0 bridgehead atoms. The van der Waals surface area contributed by atoms with Gasteiger partial charge < -0.3 is 19.9 Å². The van der Waals surface area contributed by atoms with E-state index in [4.69, 9.17) is 15.2 Å². The molecule has 0 amide bonds. The fourth-order valence-corrected chi connectivity index (χ4v) is 1.62. The largest absolute Gasteiger partial charge is 0.468 e. The first-order chi connectivity index (χ1) is 7.15. The summed E-state index contributed by atoms with van der Waals surface area (Å²) < 4.78 is 14.8. The maximum absolute atomic E-state index is 11.2. The van der Waals surface area contributed by atoms with Crippen molar-refractivity contribution >= 4 is 18.4 Å². The molecule has 0 saturated heterocycles. The molecule has 1 aliphatic carbocycles. The normalized spacial score (nSPS) is 27.1. The lowest BCUT2D eigenvalue weighted by atomic mass is 10.2. The number of carbonyl (C=O) groups is 1. The summed E-state index contributed by atoms with van der Waals surface area (Å²) in [4.78, 5) is 11.2. The molecule has 2 atom stereocenters. The lowest BCUT2D eigenvalue weighted by molar-refractivity contribution is -0.143. The van der Waals surface area contributed by atoms with Crippen LogP contribution >= 0.6 is 12.4 Å². The smallest absolute Gasteiger partial charge is 0.326 e. The minimum Gasteiger partial charge on any atom is -0.468 e. The third kappa shape index (κ3) is 3.90. The van der Waals surface area contributed by atoms with Gasteiger partial charge in [0.2, 0.25) is 0 Å². The van der Waals surface area contributed by atoms with Crippen LogP contribution in [0.15, 0.2) is 0 Å². The molecule has 0 unspecified atom stereocenters. The summed E-state index contributed by atoms with van der Waals surface area (Å²) in [6.45, 7) is 1.79. The van der Waals surface area contributed by atoms with Crippen molar-refractivity contribution in [1.29, 1.82) is 0 Å². The van der Waals surface area contributed by atoms with E-state index in [0.717, 1.165) is 6.42 Å². The Morgan fingerprint density at radius 2 is 2.06 bits per heavy atom. The molecule has 0 aromatic carbocycles. The maximum atomic E-state index is 11.2. The summed E-state index contributed by atoms with van der Waals surface area (Å²) in [6, 6.07) is 0. The van der Waals surface area contributed by atoms with E-state index < -0.39 is 5.54 Å². The first kappa shape index (κ1) is 15.6. The predicted octanol–water partition coefficient (Wildman–Crippen LogP) is 0.352. The molecule has 0 aromatic heterocycles. The third-order valence-electron chi connectivity index (χ3n) is 2.76. The molecule has 5 nitrogen and oxygen atoms in total. The lowest BCUT2D eigenvalue weighted by Crippen LogP contribution is -2.36. The number of ether oxygens (including phenoxy) is 3. The number of carbonyl (C=O) groups excluding carboxylic acids is 1. The van der Waals surface area contributed by atoms with Gasteiger partial charge in [0.1, 0.15) is 5.54 Å². The highest BCUT2D eigenvalue weighted by Gasteiger charge is 2.57. The zero-order valence-corrected chi connectivity index (χ0v) is 10.5. The van der Waals surface area contributed by atoms with E-state index >= 15 is 0 Å². The highest BCUT2D eigenvalue weighted by molar-refractivity contribution is 5.85. The molecule has 96 valence electrons. The van der Waals surface area contributed by atoms with Gasteiger partial charge in [0, 0.05) is 13.7 Å². The van der Waals surface area contributed by atoms with Gasteiger partial charge in [-0.3, -0.25) is 4.79 Å². The van der Waals surface area contributed by atoms with Crippen LogP contribution in [0.4, 0.5) is 0 Å². The number of halogens is 1. The Morgan fingerprint density at radius 1 is 1.38 bits per heavy atom. The third-order valence-corrected chi connectivity index (χ3v) is 2.76. The van der Waals surface area contributed by atoms with Crippen LogP contribution in [-0.4, -0.2) is 45.5 Å². The Bertz CT molecular complexity index is 227. The Morgan fingerprint density at radius 3 is 2.62 bits per heavy atom. The molecule has 1 fully saturated rings. The van der Waals surface area contributed by atoms with Crippen LogP contribution in [0.3, 0.4) is 0 Å². The second-order valence-electron chi connectivity index (χ2n) is 3.83. The summed E-state index contributed by atoms with van der Waals surface area (Å²) in [7, 11) is 2.99. The molecule has 6 heteroatoms. The number of hydrogen-bond donors (Lipinski definition) is 1. The van der Waals surface area contributed by atoms with Crippen molar-refractivity contribution in [3.63, 3.8) is 0 Å². The summed E-state index contributed by atoms with van der Waals surface area (Å²) in [5.74, 6) is -0.114. The van der Waals surface area contributed by atoms with E-state index in [1.54, 1.807) is 7.11 Å². The van der Waals surface area contributed by atoms with Gasteiger partial charge in [-0.1, -0.05) is 0 Å². The zero-order valence-electron chi connectivity index (χ0n) is 9.73. The van der Waals surface area contributed by atoms with Crippen LogP contribution in [0.1, 0.15) is 12.8 Å². The molecule has 1 rings (SSSR count). The van der Waals surface area contributed by atoms with E-state index in [1.165, 1.54) is 7.11 Å². The van der Waals surface area contributed by atoms with Gasteiger partial charge in [-0.05, 0) is 18.8 Å². The Kier molecular flexibility index (Phi) is 6.90. The van der Waals surface area contributed by atoms with Gasteiger partial charge in [-0.25, -0.2) is 0 Å². The topological polar surface area (TPSA) is 70.8 Å². The minimum atomic E-state index is -0.751. The SMILES string of the molecule is COCCOCC[C@@H]1C[C@]1(N)C(=O)OC.Cl. The van der Waals surface area contributed by atoms with Crippen molar-refractivity contribution < 1.29 is 19.0 Å². The van der Waals surface area contributed by atoms with Crippen LogP contribution in [-0.2, 0) is 19.0 Å². The summed E-state index contributed by atoms with van der Waals surface area (Å²) >= 11 is 0. The fourth-order valence-electron chi connectivity index (χ4n) is 1.62. The van der Waals surface area contributed by atoms with Gasteiger partial charge in [0.05, 0.1) is 20.3 Å². The quantitative estimate of drug-likeness (QED) is 0.524. The molecule has 0 spiro atoms. The second kappa shape index (κ2) is 7.06. The van der Waals surface area contributed by atoms with Crippen LogP contribution in [0.5, 0.6) is 0 Å². The van der Waals surface area contributed by atoms with Gasteiger partial charge in [-0.15, -0.1) is 12.4 Å². The van der Waals surface area contributed by atoms with E-state index in [1.807, 2.05) is 0 Å². The monoisotopic (exact) mass is 253 g/mol. The van der Waals surface area contributed by atoms with Crippen molar-refractivity contribution in [3.05, 3.63) is 0 Å². The summed E-state index contributed by atoms with van der Waals surface area (Å²) in [5.41, 5.74) is 5.08. The predicted molar refractivity (Wildman–Crippen MR) is 61.6 cm³/mol. The highest BCUT2D eigenvalue weighted by Crippen LogP contribution is 2.44. The first-order valence-electron chi connectivity index (χ1n) is 5.09. The zero-order chi connectivity index (χ0) is 11.3. The summed E-state index contributed by atoms with van der Waals surface area (Å²) in [5, 5.41) is 0. The average Bonchev–Trinajstić information content (AvgIpc) is 2.90. The maximum Gasteiger partial charge on any atom is 0.326 e. The van der Waals surface area contributed by atoms with Gasteiger partial charge in [0.25, 0.3) is 0 Å². The molecule has 2 N–H and O–H groups in total. The van der Waals surface area contributed by atoms with Crippen LogP contribution in [0.25, 0.3) is 0 Å². The van der Waals surface area contributed by atoms with Crippen molar-refractivity contribution in [2.45, 2.75) is 18.4 Å². The Hall–Kier alpha value is -0.360. The molecule has 1 aliphatic rings. The number of hydrogen-bond acceptors (Lipinski definition) is 5. The number of methoxy groups -OCH3 is 2. The van der Waals surface area contributed by atoms with Gasteiger partial charge >= 0.3 is 5.97 Å². The minimum absolute atomic E-state index is 0. The lowest BCUT2D eigenvalue weighted by Gasteiger charge is -2.08. The molecule has 0 aliphatic heterocycles. The van der Waals surface area contributed by atoms with E-state index in [2.05, 4.69) is 4.74 Å². The van der Waals surface area contributed by atoms with Crippen molar-refractivity contribution in [2.24, 2.45) is 11.7 Å². The number of esters is 1. The molecule has 16 heavy (non-hydrogen) atoms. The van der Waals surface area contributed by atoms with E-state index in [-0.39, 0.29) is 24.3 Å². The highest BCUT2D eigenvalue weighted by atomic mass is 35.5. The average molecular weight is 254 g/mol. The number of rotatable bonds is 7. The van der Waals surface area contributed by atoms with Gasteiger partial charge in [0.15, 0.2) is 0 Å². The van der Waals surface area contributed by atoms with Gasteiger partial charge in [-0.2, -0.15) is 0 Å². The fraction of sp³-hybridized carbons (Fsp3) is 0.900. The van der Waals surface area contributed by atoms with E-state index in [9.17, 15) is 4.79 Å². The first-order valence-corrected chi connectivity index (χ1v) is 5.09. The Balaban J connectivity index is 0.00000225. The van der Waals surface area contributed by atoms with Crippen molar-refractivity contribution in [2.75, 3.05) is 34.0 Å². The standard InChI is InChI=1S/C10H19NO4.ClH/c1-13-5-6-15-4-3-8-7-10(8,11)9(12)14-2;/h8H,3-7,11H2,1-2H3;1H/t8-,10-;/m1./s1.